The molecule has 0 aliphatic carbocycles. The van der Waals surface area contributed by atoms with Gasteiger partial charge in [-0.05, 0) is 33.3 Å². The summed E-state index contributed by atoms with van der Waals surface area (Å²) in [6.07, 6.45) is 0.204. The molecule has 0 saturated carbocycles. The van der Waals surface area contributed by atoms with Gasteiger partial charge in [-0.1, -0.05) is 29.8 Å². The van der Waals surface area contributed by atoms with E-state index in [4.69, 9.17) is 0 Å². The van der Waals surface area contributed by atoms with E-state index in [2.05, 4.69) is 5.32 Å². The number of carbonyl (C=O) groups is 3. The Labute approximate surface area is 155 Å². The van der Waals surface area contributed by atoms with Crippen LogP contribution in [0.3, 0.4) is 0 Å². The van der Waals surface area contributed by atoms with Crippen molar-refractivity contribution in [2.24, 2.45) is 5.92 Å². The number of nitrogens with one attached hydrogen (secondary N) is 1. The zero-order chi connectivity index (χ0) is 19.5. The molecule has 1 aromatic carbocycles. The van der Waals surface area contributed by atoms with Crippen LogP contribution in [0.2, 0.25) is 0 Å². The van der Waals surface area contributed by atoms with Crippen molar-refractivity contribution >= 4 is 17.7 Å². The Morgan fingerprint density at radius 3 is 2.42 bits per heavy atom. The number of nitrogens with zero attached hydrogens (tertiary/aromatic N) is 2. The van der Waals surface area contributed by atoms with Crippen LogP contribution in [0.4, 0.5) is 0 Å². The molecular formula is C20H29N3O3. The minimum Gasteiger partial charge on any atom is -0.350 e. The minimum atomic E-state index is -0.389. The van der Waals surface area contributed by atoms with Gasteiger partial charge in [-0.3, -0.25) is 14.4 Å². The number of likely N-dealkylation sites (tertiary alicyclic amines) is 1. The van der Waals surface area contributed by atoms with Crippen LogP contribution in [0.1, 0.15) is 38.3 Å². The van der Waals surface area contributed by atoms with E-state index in [1.54, 1.807) is 11.9 Å². The van der Waals surface area contributed by atoms with Gasteiger partial charge in [-0.2, -0.15) is 0 Å². The molecule has 1 saturated heterocycles. The van der Waals surface area contributed by atoms with Gasteiger partial charge in [0, 0.05) is 32.1 Å². The first-order valence-corrected chi connectivity index (χ1v) is 8.94. The fraction of sp³-hybridized carbons (Fsp3) is 0.550. The summed E-state index contributed by atoms with van der Waals surface area (Å²) in [7, 11) is 1.61. The number of likely N-dealkylation sites (N-methyl/N-ethyl adjacent to an activating group) is 1. The second-order valence-corrected chi connectivity index (χ2v) is 8.15. The van der Waals surface area contributed by atoms with E-state index in [0.717, 1.165) is 5.56 Å². The fourth-order valence-electron chi connectivity index (χ4n) is 3.07. The van der Waals surface area contributed by atoms with E-state index < -0.39 is 0 Å². The number of carbonyl (C=O) groups excluding carboxylic acids is 3. The van der Waals surface area contributed by atoms with Crippen LogP contribution in [0.5, 0.6) is 0 Å². The van der Waals surface area contributed by atoms with Crippen LogP contribution in [0, 0.1) is 12.8 Å². The normalized spacial score (nSPS) is 17.3. The highest BCUT2D eigenvalue weighted by atomic mass is 16.2. The van der Waals surface area contributed by atoms with Gasteiger partial charge in [-0.15, -0.1) is 0 Å². The maximum atomic E-state index is 12.6. The first-order chi connectivity index (χ1) is 12.0. The molecule has 1 unspecified atom stereocenters. The molecule has 0 bridgehead atoms. The third kappa shape index (κ3) is 5.58. The molecule has 1 heterocycles. The van der Waals surface area contributed by atoms with Gasteiger partial charge in [-0.25, -0.2) is 0 Å². The Kier molecular flexibility index (Phi) is 6.05. The van der Waals surface area contributed by atoms with Crippen molar-refractivity contribution < 1.29 is 14.4 Å². The quantitative estimate of drug-likeness (QED) is 0.870. The van der Waals surface area contributed by atoms with Crippen molar-refractivity contribution in [2.45, 2.75) is 46.2 Å². The molecule has 1 fully saturated rings. The number of aryl methyl sites for hydroxylation is 1. The smallest absolute Gasteiger partial charge is 0.240 e. The predicted molar refractivity (Wildman–Crippen MR) is 100 cm³/mol. The van der Waals surface area contributed by atoms with Crippen LogP contribution < -0.4 is 5.32 Å². The predicted octanol–water partition coefficient (Wildman–Crippen LogP) is 1.72. The Bertz CT molecular complexity index is 677. The van der Waals surface area contributed by atoms with Crippen molar-refractivity contribution in [3.05, 3.63) is 35.4 Å². The third-order valence-corrected chi connectivity index (χ3v) is 4.33. The highest BCUT2D eigenvalue weighted by Crippen LogP contribution is 2.22. The van der Waals surface area contributed by atoms with E-state index in [1.807, 2.05) is 52.0 Å². The molecule has 1 aliphatic heterocycles. The zero-order valence-electron chi connectivity index (χ0n) is 16.3. The van der Waals surface area contributed by atoms with Gasteiger partial charge in [0.25, 0.3) is 0 Å². The molecule has 0 radical (unpaired) electrons. The number of amides is 3. The van der Waals surface area contributed by atoms with Crippen molar-refractivity contribution in [3.63, 3.8) is 0 Å². The molecular weight excluding hydrogens is 330 g/mol. The van der Waals surface area contributed by atoms with Crippen LogP contribution >= 0.6 is 0 Å². The van der Waals surface area contributed by atoms with E-state index in [9.17, 15) is 14.4 Å². The summed E-state index contributed by atoms with van der Waals surface area (Å²) in [5, 5.41) is 2.84. The van der Waals surface area contributed by atoms with Crippen molar-refractivity contribution in [3.8, 4) is 0 Å². The van der Waals surface area contributed by atoms with E-state index >= 15 is 0 Å². The monoisotopic (exact) mass is 359 g/mol. The maximum absolute atomic E-state index is 12.6. The van der Waals surface area contributed by atoms with Crippen molar-refractivity contribution in [2.75, 3.05) is 20.1 Å². The highest BCUT2D eigenvalue weighted by molar-refractivity contribution is 5.91. The Hall–Kier alpha value is -2.37. The molecule has 6 nitrogen and oxygen atoms in total. The van der Waals surface area contributed by atoms with Gasteiger partial charge >= 0.3 is 0 Å². The topological polar surface area (TPSA) is 69.7 Å². The van der Waals surface area contributed by atoms with Crippen LogP contribution in [-0.2, 0) is 20.9 Å². The Balaban J connectivity index is 1.91. The molecule has 6 heteroatoms. The van der Waals surface area contributed by atoms with E-state index in [0.29, 0.717) is 13.1 Å². The minimum absolute atomic E-state index is 0.00123. The van der Waals surface area contributed by atoms with Crippen LogP contribution in [-0.4, -0.2) is 53.2 Å². The highest BCUT2D eigenvalue weighted by Gasteiger charge is 2.36. The first-order valence-electron chi connectivity index (χ1n) is 8.94. The molecule has 1 N–H and O–H groups in total. The molecule has 142 valence electrons. The second-order valence-electron chi connectivity index (χ2n) is 8.15. The largest absolute Gasteiger partial charge is 0.350 e. The molecule has 1 aromatic rings. The molecule has 26 heavy (non-hydrogen) atoms. The molecule has 3 amide bonds. The van der Waals surface area contributed by atoms with Gasteiger partial charge in [0.05, 0.1) is 12.5 Å². The summed E-state index contributed by atoms with van der Waals surface area (Å²) in [5.74, 6) is -0.764. The average molecular weight is 359 g/mol. The van der Waals surface area contributed by atoms with Gasteiger partial charge in [0.2, 0.25) is 17.7 Å². The average Bonchev–Trinajstić information content (AvgIpc) is 2.87. The molecule has 2 rings (SSSR count). The van der Waals surface area contributed by atoms with Crippen molar-refractivity contribution in [1.29, 1.82) is 0 Å². The number of rotatable bonds is 5. The molecule has 0 aromatic heterocycles. The summed E-state index contributed by atoms with van der Waals surface area (Å²) in [6, 6.07) is 8.03. The zero-order valence-corrected chi connectivity index (χ0v) is 16.3. The second kappa shape index (κ2) is 7.89. The maximum Gasteiger partial charge on any atom is 0.240 e. The SMILES string of the molecule is Cc1ccc(CN2CC(C(=O)N(C)CC(=O)NC(C)(C)C)CC2=O)cc1. The fourth-order valence-corrected chi connectivity index (χ4v) is 3.07. The third-order valence-electron chi connectivity index (χ3n) is 4.33. The lowest BCUT2D eigenvalue weighted by Crippen LogP contribution is -2.47. The number of hydrogen-bond donors (Lipinski definition) is 1. The molecule has 0 spiro atoms. The van der Waals surface area contributed by atoms with E-state index in [1.165, 1.54) is 10.5 Å². The number of hydrogen-bond acceptors (Lipinski definition) is 3. The lowest BCUT2D eigenvalue weighted by molar-refractivity contribution is -0.138. The summed E-state index contributed by atoms with van der Waals surface area (Å²) >= 11 is 0. The summed E-state index contributed by atoms with van der Waals surface area (Å²) in [4.78, 5) is 40.0. The standard InChI is InChI=1S/C20H29N3O3/c1-14-6-8-15(9-7-14)11-23-12-16(10-18(23)25)19(26)22(5)13-17(24)21-20(2,3)4/h6-9,16H,10-13H2,1-5H3,(H,21,24). The van der Waals surface area contributed by atoms with Crippen LogP contribution in [0.15, 0.2) is 24.3 Å². The number of benzene rings is 1. The van der Waals surface area contributed by atoms with Gasteiger partial charge in [0.15, 0.2) is 0 Å². The Morgan fingerprint density at radius 1 is 1.23 bits per heavy atom. The molecule has 1 aliphatic rings. The Morgan fingerprint density at radius 2 is 1.85 bits per heavy atom. The van der Waals surface area contributed by atoms with E-state index in [-0.39, 0.29) is 42.1 Å². The molecule has 1 atom stereocenters. The van der Waals surface area contributed by atoms with Crippen LogP contribution in [0.25, 0.3) is 0 Å². The van der Waals surface area contributed by atoms with Gasteiger partial charge < -0.3 is 15.1 Å². The van der Waals surface area contributed by atoms with Gasteiger partial charge in [0.1, 0.15) is 0 Å². The van der Waals surface area contributed by atoms with Crippen molar-refractivity contribution in [1.82, 2.24) is 15.1 Å². The lowest BCUT2D eigenvalue weighted by Gasteiger charge is -2.25. The first kappa shape index (κ1) is 19.9. The summed E-state index contributed by atoms with van der Waals surface area (Å²) in [5.41, 5.74) is 1.88. The lowest BCUT2D eigenvalue weighted by atomic mass is 10.1. The summed E-state index contributed by atoms with van der Waals surface area (Å²) in [6.45, 7) is 8.61. The summed E-state index contributed by atoms with van der Waals surface area (Å²) < 4.78 is 0.